The Labute approximate surface area is 123 Å². The molecule has 0 radical (unpaired) electrons. The van der Waals surface area contributed by atoms with Gasteiger partial charge in [0.2, 0.25) is 0 Å². The molecule has 0 spiro atoms. The number of hydrogen-bond acceptors (Lipinski definition) is 2. The fourth-order valence-electron chi connectivity index (χ4n) is 2.98. The Morgan fingerprint density at radius 3 is 2.63 bits per heavy atom. The third-order valence-corrected chi connectivity index (χ3v) is 5.02. The average molecular weight is 327 g/mol. The van der Waals surface area contributed by atoms with Crippen molar-refractivity contribution in [3.8, 4) is 0 Å². The molecule has 3 nitrogen and oxygen atoms in total. The number of aryl methyl sites for hydroxylation is 2. The number of aromatic nitrogens is 2. The summed E-state index contributed by atoms with van der Waals surface area (Å²) in [7, 11) is 1.92. The molecular formula is C15H23BrN2O. The minimum atomic E-state index is 0.359. The second kappa shape index (κ2) is 6.69. The zero-order valence-electron chi connectivity index (χ0n) is 11.9. The van der Waals surface area contributed by atoms with Crippen molar-refractivity contribution in [3.05, 3.63) is 15.9 Å². The lowest BCUT2D eigenvalue weighted by Gasteiger charge is -2.20. The fourth-order valence-corrected chi connectivity index (χ4v) is 3.74. The standard InChI is InChI=1S/C15H23BrN2O/c1-3-13-15(16)14(18(2)17-13)10-12(19)9-11-7-5-4-6-8-11/h11H,3-10H2,1-2H3. The maximum atomic E-state index is 12.2. The highest BCUT2D eigenvalue weighted by molar-refractivity contribution is 9.10. The Bertz CT molecular complexity index is 447. The van der Waals surface area contributed by atoms with E-state index in [1.54, 1.807) is 0 Å². The number of carbonyl (C=O) groups is 1. The van der Waals surface area contributed by atoms with Crippen LogP contribution in [-0.4, -0.2) is 15.6 Å². The molecule has 1 aromatic rings. The minimum absolute atomic E-state index is 0.359. The second-order valence-electron chi connectivity index (χ2n) is 5.61. The van der Waals surface area contributed by atoms with E-state index >= 15 is 0 Å². The molecular weight excluding hydrogens is 304 g/mol. The van der Waals surface area contributed by atoms with Gasteiger partial charge in [-0.25, -0.2) is 0 Å². The zero-order valence-corrected chi connectivity index (χ0v) is 13.5. The van der Waals surface area contributed by atoms with E-state index in [0.29, 0.717) is 18.1 Å². The van der Waals surface area contributed by atoms with Gasteiger partial charge in [0, 0.05) is 19.9 Å². The molecule has 0 bridgehead atoms. The summed E-state index contributed by atoms with van der Waals surface area (Å²) >= 11 is 3.58. The quantitative estimate of drug-likeness (QED) is 0.824. The predicted octanol–water partition coefficient (Wildman–Crippen LogP) is 3.83. The molecule has 0 N–H and O–H groups in total. The number of halogens is 1. The molecule has 0 aliphatic heterocycles. The molecule has 1 aliphatic carbocycles. The SMILES string of the molecule is CCc1nn(C)c(CC(=O)CC2CCCCC2)c1Br. The van der Waals surface area contributed by atoms with Crippen LogP contribution in [0.3, 0.4) is 0 Å². The second-order valence-corrected chi connectivity index (χ2v) is 6.40. The first-order valence-corrected chi connectivity index (χ1v) is 8.13. The summed E-state index contributed by atoms with van der Waals surface area (Å²) in [6.07, 6.45) is 8.57. The lowest BCUT2D eigenvalue weighted by molar-refractivity contribution is -0.119. The Hall–Kier alpha value is -0.640. The molecule has 1 aliphatic rings. The summed E-state index contributed by atoms with van der Waals surface area (Å²) in [6, 6.07) is 0. The van der Waals surface area contributed by atoms with Crippen LogP contribution in [0.4, 0.5) is 0 Å². The number of hydrogen-bond donors (Lipinski definition) is 0. The molecule has 4 heteroatoms. The van der Waals surface area contributed by atoms with E-state index in [1.165, 1.54) is 32.1 Å². The Kier molecular flexibility index (Phi) is 5.20. The summed E-state index contributed by atoms with van der Waals surface area (Å²) in [6.45, 7) is 2.08. The van der Waals surface area contributed by atoms with Crippen molar-refractivity contribution in [1.82, 2.24) is 9.78 Å². The maximum absolute atomic E-state index is 12.2. The monoisotopic (exact) mass is 326 g/mol. The minimum Gasteiger partial charge on any atom is -0.299 e. The van der Waals surface area contributed by atoms with Crippen LogP contribution in [0, 0.1) is 5.92 Å². The predicted molar refractivity (Wildman–Crippen MR) is 80.2 cm³/mol. The first kappa shape index (κ1) is 14.8. The van der Waals surface area contributed by atoms with Gasteiger partial charge < -0.3 is 0 Å². The van der Waals surface area contributed by atoms with Crippen LogP contribution >= 0.6 is 15.9 Å². The van der Waals surface area contributed by atoms with Crippen molar-refractivity contribution < 1.29 is 4.79 Å². The maximum Gasteiger partial charge on any atom is 0.139 e. The van der Waals surface area contributed by atoms with Crippen LogP contribution < -0.4 is 0 Å². The third kappa shape index (κ3) is 3.68. The van der Waals surface area contributed by atoms with Crippen molar-refractivity contribution >= 4 is 21.7 Å². The molecule has 0 atom stereocenters. The van der Waals surface area contributed by atoms with Crippen molar-refractivity contribution in [3.63, 3.8) is 0 Å². The highest BCUT2D eigenvalue weighted by Crippen LogP contribution is 2.28. The largest absolute Gasteiger partial charge is 0.299 e. The summed E-state index contributed by atoms with van der Waals surface area (Å²) in [5.41, 5.74) is 2.07. The number of ketones is 1. The van der Waals surface area contributed by atoms with E-state index in [1.807, 2.05) is 11.7 Å². The van der Waals surface area contributed by atoms with Crippen molar-refractivity contribution in [2.45, 2.75) is 58.3 Å². The molecule has 1 saturated carbocycles. The van der Waals surface area contributed by atoms with E-state index in [-0.39, 0.29) is 0 Å². The smallest absolute Gasteiger partial charge is 0.139 e. The van der Waals surface area contributed by atoms with Crippen LogP contribution in [0.2, 0.25) is 0 Å². The molecule has 106 valence electrons. The molecule has 2 rings (SSSR count). The molecule has 19 heavy (non-hydrogen) atoms. The third-order valence-electron chi connectivity index (χ3n) is 4.11. The molecule has 0 amide bonds. The van der Waals surface area contributed by atoms with Gasteiger partial charge in [0.05, 0.1) is 15.9 Å². The van der Waals surface area contributed by atoms with Gasteiger partial charge in [0.25, 0.3) is 0 Å². The van der Waals surface area contributed by atoms with E-state index in [9.17, 15) is 4.79 Å². The fraction of sp³-hybridized carbons (Fsp3) is 0.733. The average Bonchev–Trinajstić information content (AvgIpc) is 2.67. The number of rotatable bonds is 5. The Balaban J connectivity index is 1.96. The lowest BCUT2D eigenvalue weighted by Crippen LogP contribution is -2.15. The van der Waals surface area contributed by atoms with Gasteiger partial charge in [-0.3, -0.25) is 9.48 Å². The van der Waals surface area contributed by atoms with E-state index in [4.69, 9.17) is 0 Å². The normalized spacial score (nSPS) is 16.8. The first-order chi connectivity index (χ1) is 9.11. The van der Waals surface area contributed by atoms with Gasteiger partial charge in [0.1, 0.15) is 5.78 Å². The molecule has 0 aromatic carbocycles. The van der Waals surface area contributed by atoms with Gasteiger partial charge in [-0.05, 0) is 28.3 Å². The summed E-state index contributed by atoms with van der Waals surface area (Å²) in [5.74, 6) is 0.983. The number of nitrogens with zero attached hydrogens (tertiary/aromatic N) is 2. The van der Waals surface area contributed by atoms with Crippen LogP contribution in [0.25, 0.3) is 0 Å². The van der Waals surface area contributed by atoms with Gasteiger partial charge in [0.15, 0.2) is 0 Å². The highest BCUT2D eigenvalue weighted by Gasteiger charge is 2.20. The molecule has 1 fully saturated rings. The van der Waals surface area contributed by atoms with Crippen molar-refractivity contribution in [1.29, 1.82) is 0 Å². The highest BCUT2D eigenvalue weighted by atomic mass is 79.9. The van der Waals surface area contributed by atoms with Gasteiger partial charge in [-0.15, -0.1) is 0 Å². The summed E-state index contributed by atoms with van der Waals surface area (Å²) in [4.78, 5) is 12.2. The number of Topliss-reactive ketones (excluding diaryl/α,β-unsaturated/α-hetero) is 1. The van der Waals surface area contributed by atoms with Crippen LogP contribution in [-0.2, 0) is 24.7 Å². The van der Waals surface area contributed by atoms with E-state index in [2.05, 4.69) is 28.0 Å². The molecule has 1 heterocycles. The van der Waals surface area contributed by atoms with Gasteiger partial charge in [-0.2, -0.15) is 5.10 Å². The van der Waals surface area contributed by atoms with Crippen LogP contribution in [0.15, 0.2) is 4.47 Å². The zero-order chi connectivity index (χ0) is 13.8. The van der Waals surface area contributed by atoms with E-state index in [0.717, 1.165) is 28.7 Å². The first-order valence-electron chi connectivity index (χ1n) is 7.33. The van der Waals surface area contributed by atoms with E-state index < -0.39 is 0 Å². The Morgan fingerprint density at radius 1 is 1.37 bits per heavy atom. The topological polar surface area (TPSA) is 34.9 Å². The summed E-state index contributed by atoms with van der Waals surface area (Å²) in [5, 5.41) is 4.45. The Morgan fingerprint density at radius 2 is 2.05 bits per heavy atom. The molecule has 0 saturated heterocycles. The van der Waals surface area contributed by atoms with Crippen molar-refractivity contribution in [2.24, 2.45) is 13.0 Å². The van der Waals surface area contributed by atoms with Gasteiger partial charge >= 0.3 is 0 Å². The number of carbonyl (C=O) groups excluding carboxylic acids is 1. The molecule has 1 aromatic heterocycles. The molecule has 0 unspecified atom stereocenters. The van der Waals surface area contributed by atoms with Crippen LogP contribution in [0.1, 0.15) is 56.8 Å². The van der Waals surface area contributed by atoms with Gasteiger partial charge in [-0.1, -0.05) is 39.0 Å². The lowest BCUT2D eigenvalue weighted by atomic mass is 9.85. The van der Waals surface area contributed by atoms with Crippen molar-refractivity contribution in [2.75, 3.05) is 0 Å². The summed E-state index contributed by atoms with van der Waals surface area (Å²) < 4.78 is 2.87. The van der Waals surface area contributed by atoms with Crippen LogP contribution in [0.5, 0.6) is 0 Å².